The van der Waals surface area contributed by atoms with Gasteiger partial charge in [0, 0.05) is 20.2 Å². The van der Waals surface area contributed by atoms with E-state index in [1.807, 2.05) is 30.3 Å². The molecule has 1 aromatic heterocycles. The van der Waals surface area contributed by atoms with Crippen LogP contribution in [0, 0.1) is 0 Å². The van der Waals surface area contributed by atoms with Gasteiger partial charge in [0.25, 0.3) is 0 Å². The van der Waals surface area contributed by atoms with E-state index in [2.05, 4.69) is 18.2 Å². The van der Waals surface area contributed by atoms with Crippen molar-refractivity contribution in [1.29, 1.82) is 0 Å². The predicted molar refractivity (Wildman–Crippen MR) is 87.5 cm³/mol. The van der Waals surface area contributed by atoms with Crippen LogP contribution in [0.25, 0.3) is 20.5 Å². The number of halogens is 1. The lowest BCUT2D eigenvalue weighted by Crippen LogP contribution is -2.17. The topological polar surface area (TPSA) is 20.2 Å². The summed E-state index contributed by atoms with van der Waals surface area (Å²) in [5.74, 6) is 0. The van der Waals surface area contributed by atoms with Crippen LogP contribution in [0.15, 0.2) is 48.5 Å². The van der Waals surface area contributed by atoms with Crippen LogP contribution in [-0.4, -0.2) is 5.11 Å². The van der Waals surface area contributed by atoms with Crippen LogP contribution in [-0.2, 0) is 5.60 Å². The molecule has 3 aromatic rings. The molecule has 0 aliphatic rings. The molecular formula is C17H15ClOS. The van der Waals surface area contributed by atoms with Crippen molar-refractivity contribution < 1.29 is 5.11 Å². The maximum atomic E-state index is 10.4. The van der Waals surface area contributed by atoms with Crippen LogP contribution in [0.2, 0.25) is 5.02 Å². The number of rotatable bonds is 2. The second kappa shape index (κ2) is 4.88. The third kappa shape index (κ3) is 2.35. The summed E-state index contributed by atoms with van der Waals surface area (Å²) in [7, 11) is 0. The average Bonchev–Trinajstić information content (AvgIpc) is 2.80. The Morgan fingerprint density at radius 2 is 1.80 bits per heavy atom. The number of thiophene rings is 1. The van der Waals surface area contributed by atoms with E-state index in [1.165, 1.54) is 10.1 Å². The Bertz CT molecular complexity index is 735. The minimum absolute atomic E-state index is 0.604. The second-order valence-corrected chi connectivity index (χ2v) is 6.86. The molecule has 0 aliphatic carbocycles. The Balaban J connectivity index is 2.26. The molecule has 0 bridgehead atoms. The Kier molecular flexibility index (Phi) is 3.33. The van der Waals surface area contributed by atoms with E-state index in [9.17, 15) is 5.11 Å². The number of benzene rings is 2. The van der Waals surface area contributed by atoms with E-state index in [1.54, 1.807) is 25.2 Å². The highest BCUT2D eigenvalue weighted by molar-refractivity contribution is 7.22. The van der Waals surface area contributed by atoms with Gasteiger partial charge in [-0.3, -0.25) is 0 Å². The van der Waals surface area contributed by atoms with E-state index in [0.29, 0.717) is 5.02 Å². The van der Waals surface area contributed by atoms with Gasteiger partial charge in [-0.05, 0) is 43.0 Å². The number of aliphatic hydroxyl groups is 1. The molecule has 2 aromatic carbocycles. The highest BCUT2D eigenvalue weighted by Gasteiger charge is 2.24. The van der Waals surface area contributed by atoms with Gasteiger partial charge in [0.1, 0.15) is 0 Å². The van der Waals surface area contributed by atoms with Crippen molar-refractivity contribution in [2.24, 2.45) is 0 Å². The van der Waals surface area contributed by atoms with Crippen LogP contribution in [0.4, 0.5) is 0 Å². The predicted octanol–water partition coefficient (Wildman–Crippen LogP) is 5.45. The molecule has 102 valence electrons. The molecule has 3 rings (SSSR count). The van der Waals surface area contributed by atoms with E-state index >= 15 is 0 Å². The molecule has 1 N–H and O–H groups in total. The molecule has 3 heteroatoms. The first-order valence-corrected chi connectivity index (χ1v) is 7.66. The van der Waals surface area contributed by atoms with Gasteiger partial charge in [-0.1, -0.05) is 41.9 Å². The summed E-state index contributed by atoms with van der Waals surface area (Å²) in [6, 6.07) is 16.2. The minimum atomic E-state index is -0.968. The Hall–Kier alpha value is -1.35. The smallest absolute Gasteiger partial charge is 0.0861 e. The number of hydrogen-bond donors (Lipinski definition) is 1. The third-order valence-corrected chi connectivity index (χ3v) is 4.78. The lowest BCUT2D eigenvalue weighted by molar-refractivity contribution is 0.0793. The fourth-order valence-corrected chi connectivity index (χ4v) is 3.97. The molecule has 0 fully saturated rings. The first-order valence-electron chi connectivity index (χ1n) is 6.47. The lowest BCUT2D eigenvalue weighted by Gasteiger charge is -2.22. The fourth-order valence-electron chi connectivity index (χ4n) is 2.47. The average molecular weight is 303 g/mol. The van der Waals surface area contributed by atoms with Crippen molar-refractivity contribution in [3.8, 4) is 10.4 Å². The molecule has 0 amide bonds. The molecule has 0 unspecified atom stereocenters. The van der Waals surface area contributed by atoms with Crippen LogP contribution in [0.3, 0.4) is 0 Å². The zero-order valence-electron chi connectivity index (χ0n) is 11.4. The van der Waals surface area contributed by atoms with Gasteiger partial charge in [0.05, 0.1) is 5.60 Å². The summed E-state index contributed by atoms with van der Waals surface area (Å²) in [6.07, 6.45) is 0. The van der Waals surface area contributed by atoms with Gasteiger partial charge >= 0.3 is 0 Å². The first-order chi connectivity index (χ1) is 9.47. The number of fused-ring (bicyclic) bond motifs is 1. The van der Waals surface area contributed by atoms with Crippen LogP contribution < -0.4 is 0 Å². The maximum absolute atomic E-state index is 10.4. The van der Waals surface area contributed by atoms with Gasteiger partial charge < -0.3 is 5.11 Å². The Labute approximate surface area is 127 Å². The van der Waals surface area contributed by atoms with Crippen molar-refractivity contribution in [3.63, 3.8) is 0 Å². The van der Waals surface area contributed by atoms with Crippen LogP contribution in [0.5, 0.6) is 0 Å². The normalized spacial score (nSPS) is 12.0. The van der Waals surface area contributed by atoms with E-state index in [-0.39, 0.29) is 0 Å². The molecule has 0 spiro atoms. The van der Waals surface area contributed by atoms with Crippen LogP contribution >= 0.6 is 22.9 Å². The molecule has 1 nitrogen and oxygen atoms in total. The largest absolute Gasteiger partial charge is 0.386 e. The molecule has 0 radical (unpaired) electrons. The summed E-state index contributed by atoms with van der Waals surface area (Å²) in [5.41, 5.74) is 0.823. The molecular weight excluding hydrogens is 288 g/mol. The summed E-state index contributed by atoms with van der Waals surface area (Å²) in [4.78, 5) is 1.13. The summed E-state index contributed by atoms with van der Waals surface area (Å²) < 4.78 is 1.24. The Morgan fingerprint density at radius 1 is 1.05 bits per heavy atom. The lowest BCUT2D eigenvalue weighted by atomic mass is 9.92. The SMILES string of the molecule is CC(C)(O)c1c(Cl)cccc1-c1cc2ccccc2s1. The quantitative estimate of drug-likeness (QED) is 0.667. The minimum Gasteiger partial charge on any atom is -0.386 e. The van der Waals surface area contributed by atoms with Gasteiger partial charge in [-0.25, -0.2) is 0 Å². The van der Waals surface area contributed by atoms with E-state index < -0.39 is 5.60 Å². The van der Waals surface area contributed by atoms with Crippen LogP contribution in [0.1, 0.15) is 19.4 Å². The summed E-state index contributed by atoms with van der Waals surface area (Å²) in [6.45, 7) is 3.54. The zero-order valence-corrected chi connectivity index (χ0v) is 12.9. The number of hydrogen-bond acceptors (Lipinski definition) is 2. The molecule has 1 heterocycles. The zero-order chi connectivity index (χ0) is 14.3. The summed E-state index contributed by atoms with van der Waals surface area (Å²) >= 11 is 8.03. The highest BCUT2D eigenvalue weighted by Crippen LogP contribution is 2.41. The third-order valence-electron chi connectivity index (χ3n) is 3.32. The van der Waals surface area contributed by atoms with Gasteiger partial charge in [0.15, 0.2) is 0 Å². The van der Waals surface area contributed by atoms with Gasteiger partial charge in [-0.15, -0.1) is 11.3 Å². The fraction of sp³-hybridized carbons (Fsp3) is 0.176. The molecule has 0 atom stereocenters. The van der Waals surface area contributed by atoms with Gasteiger partial charge in [0.2, 0.25) is 0 Å². The van der Waals surface area contributed by atoms with Crippen molar-refractivity contribution in [2.75, 3.05) is 0 Å². The second-order valence-electron chi connectivity index (χ2n) is 5.37. The molecule has 20 heavy (non-hydrogen) atoms. The first kappa shape index (κ1) is 13.6. The summed E-state index contributed by atoms with van der Waals surface area (Å²) in [5, 5.41) is 12.2. The van der Waals surface area contributed by atoms with Crippen molar-refractivity contribution in [1.82, 2.24) is 0 Å². The highest BCUT2D eigenvalue weighted by atomic mass is 35.5. The molecule has 0 saturated heterocycles. The molecule has 0 saturated carbocycles. The van der Waals surface area contributed by atoms with E-state index in [4.69, 9.17) is 11.6 Å². The van der Waals surface area contributed by atoms with Crippen molar-refractivity contribution in [3.05, 3.63) is 59.1 Å². The van der Waals surface area contributed by atoms with Crippen molar-refractivity contribution in [2.45, 2.75) is 19.4 Å². The monoisotopic (exact) mass is 302 g/mol. The maximum Gasteiger partial charge on any atom is 0.0861 e. The Morgan fingerprint density at radius 3 is 2.50 bits per heavy atom. The standard InChI is InChI=1S/C17H15ClOS/c1-17(2,19)16-12(7-5-8-13(16)18)15-10-11-6-3-4-9-14(11)20-15/h3-10,19H,1-2H3. The van der Waals surface area contributed by atoms with Gasteiger partial charge in [-0.2, -0.15) is 0 Å². The van der Waals surface area contributed by atoms with Crippen molar-refractivity contribution >= 4 is 33.0 Å². The van der Waals surface area contributed by atoms with E-state index in [0.717, 1.165) is 16.0 Å². The molecule has 0 aliphatic heterocycles.